The van der Waals surface area contributed by atoms with Gasteiger partial charge in [0.15, 0.2) is 18.1 Å². The zero-order valence-electron chi connectivity index (χ0n) is 19.6. The summed E-state index contributed by atoms with van der Waals surface area (Å²) in [5, 5.41) is 21.4. The number of carbonyl (C=O) groups excluding carboxylic acids is 1. The molecule has 0 spiro atoms. The Bertz CT molecular complexity index is 1460. The van der Waals surface area contributed by atoms with Crippen LogP contribution in [-0.4, -0.2) is 26.8 Å². The minimum atomic E-state index is -4.57. The van der Waals surface area contributed by atoms with Crippen LogP contribution in [0.3, 0.4) is 0 Å². The maximum atomic E-state index is 14.1. The van der Waals surface area contributed by atoms with Crippen molar-refractivity contribution in [3.8, 4) is 0 Å². The molecule has 0 amide bonds. The molecule has 4 aromatic rings. The fourth-order valence-corrected chi connectivity index (χ4v) is 5.24. The van der Waals surface area contributed by atoms with Crippen molar-refractivity contribution in [2.75, 3.05) is 10.6 Å². The van der Waals surface area contributed by atoms with Crippen molar-refractivity contribution in [1.82, 2.24) is 9.78 Å². The van der Waals surface area contributed by atoms with E-state index in [0.29, 0.717) is 16.1 Å². The molecule has 1 aromatic heterocycles. The number of carbonyl (C=O) groups is 1. The molecular formula is C27H21BrClF3N4O2. The van der Waals surface area contributed by atoms with Gasteiger partial charge in [0.2, 0.25) is 0 Å². The normalized spacial score (nSPS) is 17.8. The van der Waals surface area contributed by atoms with Gasteiger partial charge in [-0.05, 0) is 39.7 Å². The van der Waals surface area contributed by atoms with Crippen molar-refractivity contribution in [3.05, 3.63) is 111 Å². The van der Waals surface area contributed by atoms with E-state index in [1.165, 1.54) is 18.2 Å². The van der Waals surface area contributed by atoms with Gasteiger partial charge in [-0.2, -0.15) is 18.3 Å². The van der Waals surface area contributed by atoms with Crippen LogP contribution in [0.4, 0.5) is 24.7 Å². The van der Waals surface area contributed by atoms with Crippen LogP contribution in [0, 0.1) is 0 Å². The van der Waals surface area contributed by atoms with Gasteiger partial charge in [0, 0.05) is 28.3 Å². The minimum Gasteiger partial charge on any atom is -0.368 e. The van der Waals surface area contributed by atoms with E-state index in [0.717, 1.165) is 4.68 Å². The van der Waals surface area contributed by atoms with Gasteiger partial charge in [0.1, 0.15) is 11.5 Å². The Hall–Kier alpha value is -3.34. The van der Waals surface area contributed by atoms with Crippen LogP contribution in [0.1, 0.15) is 51.9 Å². The summed E-state index contributed by atoms with van der Waals surface area (Å²) in [5.74, 6) is -0.240. The fourth-order valence-electron chi connectivity index (χ4n) is 4.48. The minimum absolute atomic E-state index is 0.0662. The maximum absolute atomic E-state index is 14.1. The third-order valence-corrected chi connectivity index (χ3v) is 7.35. The molecule has 6 nitrogen and oxygen atoms in total. The Kier molecular flexibility index (Phi) is 7.21. The summed E-state index contributed by atoms with van der Waals surface area (Å²) >= 11 is 9.48. The summed E-state index contributed by atoms with van der Waals surface area (Å²) in [6.07, 6.45) is -6.39. The van der Waals surface area contributed by atoms with Crippen LogP contribution < -0.4 is 10.6 Å². The summed E-state index contributed by atoms with van der Waals surface area (Å²) in [4.78, 5) is 13.1. The second-order valence-corrected chi connectivity index (χ2v) is 10.1. The third-order valence-electron chi connectivity index (χ3n) is 6.34. The number of benzene rings is 3. The van der Waals surface area contributed by atoms with E-state index in [1.54, 1.807) is 60.7 Å². The highest BCUT2D eigenvalue weighted by Crippen LogP contribution is 2.47. The lowest BCUT2D eigenvalue weighted by Crippen LogP contribution is -2.35. The summed E-state index contributed by atoms with van der Waals surface area (Å²) in [6, 6.07) is 19.4. The lowest BCUT2D eigenvalue weighted by molar-refractivity contribution is -0.173. The number of halogens is 5. The summed E-state index contributed by atoms with van der Waals surface area (Å²) in [7, 11) is 0. The molecule has 1 aliphatic heterocycles. The Morgan fingerprint density at radius 1 is 1.11 bits per heavy atom. The zero-order chi connectivity index (χ0) is 27.0. The number of hydrogen-bond acceptors (Lipinski definition) is 5. The number of nitrogens with zero attached hydrogens (tertiary/aromatic N) is 2. The second kappa shape index (κ2) is 10.4. The van der Waals surface area contributed by atoms with Crippen LogP contribution in [0.5, 0.6) is 0 Å². The molecular weight excluding hydrogens is 585 g/mol. The van der Waals surface area contributed by atoms with E-state index >= 15 is 0 Å². The van der Waals surface area contributed by atoms with Crippen LogP contribution >= 0.6 is 27.5 Å². The zero-order valence-corrected chi connectivity index (χ0v) is 21.9. The number of nitrogens with one attached hydrogen (secondary N) is 2. The van der Waals surface area contributed by atoms with Gasteiger partial charge in [0.25, 0.3) is 0 Å². The van der Waals surface area contributed by atoms with Gasteiger partial charge in [-0.25, -0.2) is 4.68 Å². The Morgan fingerprint density at radius 2 is 1.76 bits per heavy atom. The van der Waals surface area contributed by atoms with Crippen molar-refractivity contribution >= 4 is 44.8 Å². The molecule has 0 bridgehead atoms. The Labute approximate surface area is 229 Å². The van der Waals surface area contributed by atoms with Gasteiger partial charge in [-0.1, -0.05) is 72.3 Å². The van der Waals surface area contributed by atoms with Crippen LogP contribution in [0.15, 0.2) is 83.3 Å². The van der Waals surface area contributed by atoms with Crippen molar-refractivity contribution in [1.29, 1.82) is 0 Å². The molecule has 38 heavy (non-hydrogen) atoms. The number of ketones is 1. The average Bonchev–Trinajstić information content (AvgIpc) is 3.25. The first-order valence-electron chi connectivity index (χ1n) is 11.6. The number of aliphatic hydroxyl groups is 1. The van der Waals surface area contributed by atoms with Crippen molar-refractivity contribution in [2.45, 2.75) is 30.9 Å². The monoisotopic (exact) mass is 604 g/mol. The molecule has 2 heterocycles. The van der Waals surface area contributed by atoms with Crippen LogP contribution in [-0.2, 0) is 0 Å². The lowest BCUT2D eigenvalue weighted by Gasteiger charge is -2.33. The maximum Gasteiger partial charge on any atom is 0.410 e. The molecule has 196 valence electrons. The topological polar surface area (TPSA) is 79.2 Å². The molecule has 3 aromatic carbocycles. The molecule has 5 rings (SSSR count). The number of hydrogen-bond donors (Lipinski definition) is 3. The standard InChI is InChI=1S/C27H21BrClF3N4O2/c28-22-23(26(38)34-19-12-11-17(29)13-18(19)24(37)16-9-5-2-6-10-16)35-36-21(27(30,31)32)14-20(33-25(22)36)15-7-3-1-4-8-15/h1-13,20-21,26,33-34,38H,14H2/t20-,21-,26+/m0/s1. The van der Waals surface area contributed by atoms with Gasteiger partial charge in [-0.3, -0.25) is 4.79 Å². The first-order valence-corrected chi connectivity index (χ1v) is 12.8. The summed E-state index contributed by atoms with van der Waals surface area (Å²) < 4.78 is 43.3. The highest BCUT2D eigenvalue weighted by atomic mass is 79.9. The smallest absolute Gasteiger partial charge is 0.368 e. The highest BCUT2D eigenvalue weighted by Gasteiger charge is 2.47. The highest BCUT2D eigenvalue weighted by molar-refractivity contribution is 9.10. The number of fused-ring (bicyclic) bond motifs is 1. The van der Waals surface area contributed by atoms with Crippen LogP contribution in [0.2, 0.25) is 5.02 Å². The largest absolute Gasteiger partial charge is 0.410 e. The Balaban J connectivity index is 1.49. The number of alkyl halides is 3. The van der Waals surface area contributed by atoms with Gasteiger partial charge < -0.3 is 15.7 Å². The summed E-state index contributed by atoms with van der Waals surface area (Å²) in [6.45, 7) is 0. The second-order valence-electron chi connectivity index (χ2n) is 8.83. The molecule has 0 saturated carbocycles. The number of anilines is 2. The van der Waals surface area contributed by atoms with Crippen molar-refractivity contribution in [2.24, 2.45) is 0 Å². The predicted octanol–water partition coefficient (Wildman–Crippen LogP) is 7.29. The molecule has 0 aliphatic carbocycles. The van der Waals surface area contributed by atoms with E-state index in [9.17, 15) is 23.1 Å². The van der Waals surface area contributed by atoms with E-state index in [-0.39, 0.29) is 39.4 Å². The van der Waals surface area contributed by atoms with Crippen molar-refractivity contribution < 1.29 is 23.1 Å². The molecule has 11 heteroatoms. The SMILES string of the molecule is O=C(c1ccccc1)c1cc(Cl)ccc1N[C@H](O)c1nn2c(c1Br)N[C@H](c1ccccc1)C[C@H]2C(F)(F)F. The fraction of sp³-hybridized carbons (Fsp3) is 0.185. The molecule has 0 saturated heterocycles. The predicted molar refractivity (Wildman–Crippen MR) is 142 cm³/mol. The van der Waals surface area contributed by atoms with E-state index in [1.807, 2.05) is 0 Å². The summed E-state index contributed by atoms with van der Waals surface area (Å²) in [5.41, 5.74) is 1.49. The molecule has 0 unspecified atom stereocenters. The number of rotatable bonds is 6. The van der Waals surface area contributed by atoms with Crippen molar-refractivity contribution in [3.63, 3.8) is 0 Å². The number of aromatic nitrogens is 2. The van der Waals surface area contributed by atoms with E-state index in [4.69, 9.17) is 11.6 Å². The van der Waals surface area contributed by atoms with Gasteiger partial charge in [0.05, 0.1) is 10.5 Å². The number of aliphatic hydroxyl groups excluding tert-OH is 1. The van der Waals surface area contributed by atoms with Gasteiger partial charge >= 0.3 is 6.18 Å². The quantitative estimate of drug-likeness (QED) is 0.159. The molecule has 0 radical (unpaired) electrons. The molecule has 0 fully saturated rings. The average molecular weight is 606 g/mol. The van der Waals surface area contributed by atoms with E-state index < -0.39 is 24.5 Å². The first kappa shape index (κ1) is 26.3. The lowest BCUT2D eigenvalue weighted by atomic mass is 9.97. The van der Waals surface area contributed by atoms with Gasteiger partial charge in [-0.15, -0.1) is 0 Å². The third kappa shape index (κ3) is 5.16. The molecule has 3 atom stereocenters. The molecule has 1 aliphatic rings. The first-order chi connectivity index (χ1) is 18.1. The Morgan fingerprint density at radius 3 is 2.42 bits per heavy atom. The van der Waals surface area contributed by atoms with Crippen LogP contribution in [0.25, 0.3) is 0 Å². The van der Waals surface area contributed by atoms with E-state index in [2.05, 4.69) is 31.7 Å². The molecule has 3 N–H and O–H groups in total.